The number of nitrogens with one attached hydrogen (secondary N) is 1. The molecular formula is C20H24ClFN4O3. The summed E-state index contributed by atoms with van der Waals surface area (Å²) in [6, 6.07) is 4.36. The Morgan fingerprint density at radius 2 is 2.17 bits per heavy atom. The van der Waals surface area contributed by atoms with Gasteiger partial charge in [0.25, 0.3) is 5.91 Å². The summed E-state index contributed by atoms with van der Waals surface area (Å²) in [4.78, 5) is 26.9. The third-order valence-corrected chi connectivity index (χ3v) is 5.36. The number of amides is 2. The molecule has 156 valence electrons. The van der Waals surface area contributed by atoms with Gasteiger partial charge in [-0.2, -0.15) is 5.10 Å². The van der Waals surface area contributed by atoms with E-state index in [2.05, 4.69) is 10.4 Å². The largest absolute Gasteiger partial charge is 0.385 e. The van der Waals surface area contributed by atoms with Crippen LogP contribution in [-0.2, 0) is 36.0 Å². The molecule has 0 unspecified atom stereocenters. The summed E-state index contributed by atoms with van der Waals surface area (Å²) in [5.41, 5.74) is 2.17. The number of methoxy groups -OCH3 is 1. The molecule has 1 aromatic heterocycles. The molecule has 2 heterocycles. The molecule has 3 rings (SSSR count). The lowest BCUT2D eigenvalue weighted by Crippen LogP contribution is -2.38. The highest BCUT2D eigenvalue weighted by atomic mass is 35.5. The number of rotatable bonds is 7. The van der Waals surface area contributed by atoms with Crippen molar-refractivity contribution < 1.29 is 18.7 Å². The van der Waals surface area contributed by atoms with E-state index in [1.807, 2.05) is 0 Å². The lowest BCUT2D eigenvalue weighted by Gasteiger charge is -2.28. The molecule has 0 saturated heterocycles. The lowest BCUT2D eigenvalue weighted by atomic mass is 10.0. The Morgan fingerprint density at radius 3 is 2.90 bits per heavy atom. The maximum Gasteiger partial charge on any atom is 0.272 e. The van der Waals surface area contributed by atoms with Gasteiger partial charge in [0.1, 0.15) is 5.82 Å². The van der Waals surface area contributed by atoms with Gasteiger partial charge in [0.2, 0.25) is 5.91 Å². The Bertz CT molecular complexity index is 895. The van der Waals surface area contributed by atoms with Crippen LogP contribution in [0.4, 0.5) is 4.39 Å². The number of fused-ring (bicyclic) bond motifs is 1. The molecule has 1 aromatic carbocycles. The number of carbonyl (C=O) groups is 2. The molecule has 9 heteroatoms. The van der Waals surface area contributed by atoms with Gasteiger partial charge in [-0.15, -0.1) is 0 Å². The van der Waals surface area contributed by atoms with Gasteiger partial charge in [0.15, 0.2) is 5.69 Å². The van der Waals surface area contributed by atoms with E-state index in [1.54, 1.807) is 29.8 Å². The molecule has 0 bridgehead atoms. The third kappa shape index (κ3) is 4.76. The van der Waals surface area contributed by atoms with Crippen molar-refractivity contribution in [3.05, 3.63) is 51.6 Å². The highest BCUT2D eigenvalue weighted by Crippen LogP contribution is 2.25. The monoisotopic (exact) mass is 422 g/mol. The summed E-state index contributed by atoms with van der Waals surface area (Å²) in [6.07, 6.45) is 1.15. The number of benzene rings is 1. The average Bonchev–Trinajstić information content (AvgIpc) is 3.04. The summed E-state index contributed by atoms with van der Waals surface area (Å²) in [5.74, 6) is -1.01. The minimum Gasteiger partial charge on any atom is -0.385 e. The van der Waals surface area contributed by atoms with Gasteiger partial charge in [-0.1, -0.05) is 17.7 Å². The van der Waals surface area contributed by atoms with Gasteiger partial charge in [-0.05, 0) is 18.6 Å². The Labute approximate surface area is 173 Å². The first-order chi connectivity index (χ1) is 13.9. The molecule has 7 nitrogen and oxygen atoms in total. The molecular weight excluding hydrogens is 399 g/mol. The van der Waals surface area contributed by atoms with Crippen molar-refractivity contribution in [1.29, 1.82) is 0 Å². The minimum atomic E-state index is -0.499. The smallest absolute Gasteiger partial charge is 0.272 e. The van der Waals surface area contributed by atoms with Crippen LogP contribution in [-0.4, -0.2) is 53.3 Å². The minimum absolute atomic E-state index is 0.125. The molecule has 0 radical (unpaired) electrons. The molecule has 0 spiro atoms. The highest BCUT2D eigenvalue weighted by Gasteiger charge is 2.29. The lowest BCUT2D eigenvalue weighted by molar-refractivity contribution is -0.131. The second-order valence-corrected chi connectivity index (χ2v) is 7.35. The van der Waals surface area contributed by atoms with Crippen LogP contribution in [0.3, 0.4) is 0 Å². The third-order valence-electron chi connectivity index (χ3n) is 5.01. The fourth-order valence-electron chi connectivity index (χ4n) is 3.45. The van der Waals surface area contributed by atoms with Crippen LogP contribution in [0.1, 0.15) is 33.7 Å². The summed E-state index contributed by atoms with van der Waals surface area (Å²) in [5, 5.41) is 7.41. The maximum absolute atomic E-state index is 14.0. The van der Waals surface area contributed by atoms with Crippen LogP contribution in [0, 0.1) is 5.82 Å². The zero-order chi connectivity index (χ0) is 21.0. The van der Waals surface area contributed by atoms with Gasteiger partial charge in [0.05, 0.1) is 6.42 Å². The first-order valence-electron chi connectivity index (χ1n) is 9.45. The summed E-state index contributed by atoms with van der Waals surface area (Å²) >= 11 is 6.05. The van der Waals surface area contributed by atoms with Crippen LogP contribution in [0.5, 0.6) is 0 Å². The number of halogens is 2. The van der Waals surface area contributed by atoms with E-state index in [-0.39, 0.29) is 35.4 Å². The zero-order valence-corrected chi connectivity index (χ0v) is 17.3. The fourth-order valence-corrected chi connectivity index (χ4v) is 3.68. The number of aryl methyl sites for hydroxylation is 1. The van der Waals surface area contributed by atoms with E-state index in [0.29, 0.717) is 38.2 Å². The normalized spacial score (nSPS) is 13.3. The van der Waals surface area contributed by atoms with Crippen LogP contribution >= 0.6 is 11.6 Å². The number of ether oxygens (including phenoxy) is 1. The number of hydrogen-bond donors (Lipinski definition) is 1. The molecule has 0 aliphatic carbocycles. The van der Waals surface area contributed by atoms with Crippen LogP contribution in [0.25, 0.3) is 0 Å². The van der Waals surface area contributed by atoms with Crippen LogP contribution in [0.15, 0.2) is 18.2 Å². The number of carbonyl (C=O) groups excluding carboxylic acids is 2. The van der Waals surface area contributed by atoms with Crippen molar-refractivity contribution in [2.24, 2.45) is 7.05 Å². The fraction of sp³-hybridized carbons (Fsp3) is 0.450. The molecule has 1 aliphatic heterocycles. The zero-order valence-electron chi connectivity index (χ0n) is 16.5. The quantitative estimate of drug-likeness (QED) is 0.693. The number of aromatic nitrogens is 2. The van der Waals surface area contributed by atoms with E-state index in [1.165, 1.54) is 12.1 Å². The topological polar surface area (TPSA) is 76.5 Å². The Hall–Kier alpha value is -2.45. The number of nitrogens with zero attached hydrogens (tertiary/aromatic N) is 3. The molecule has 1 aliphatic rings. The Morgan fingerprint density at radius 1 is 1.38 bits per heavy atom. The predicted octanol–water partition coefficient (Wildman–Crippen LogP) is 2.11. The van der Waals surface area contributed by atoms with Crippen molar-refractivity contribution >= 4 is 23.4 Å². The summed E-state index contributed by atoms with van der Waals surface area (Å²) < 4.78 is 20.7. The van der Waals surface area contributed by atoms with Crippen LogP contribution in [0.2, 0.25) is 5.02 Å². The second-order valence-electron chi connectivity index (χ2n) is 6.94. The van der Waals surface area contributed by atoms with E-state index >= 15 is 0 Å². The predicted molar refractivity (Wildman–Crippen MR) is 106 cm³/mol. The summed E-state index contributed by atoms with van der Waals surface area (Å²) in [6.45, 7) is 1.77. The summed E-state index contributed by atoms with van der Waals surface area (Å²) in [7, 11) is 3.40. The molecule has 29 heavy (non-hydrogen) atoms. The van der Waals surface area contributed by atoms with Crippen molar-refractivity contribution in [1.82, 2.24) is 20.0 Å². The highest BCUT2D eigenvalue weighted by molar-refractivity contribution is 6.31. The Kier molecular flexibility index (Phi) is 6.87. The van der Waals surface area contributed by atoms with Gasteiger partial charge in [-0.3, -0.25) is 14.3 Å². The van der Waals surface area contributed by atoms with Gasteiger partial charge in [-0.25, -0.2) is 4.39 Å². The molecule has 2 aromatic rings. The number of hydrogen-bond acceptors (Lipinski definition) is 4. The van der Waals surface area contributed by atoms with Crippen molar-refractivity contribution in [2.75, 3.05) is 26.8 Å². The maximum atomic E-state index is 14.0. The van der Waals surface area contributed by atoms with Crippen molar-refractivity contribution in [3.63, 3.8) is 0 Å². The molecule has 2 amide bonds. The van der Waals surface area contributed by atoms with E-state index in [0.717, 1.165) is 11.3 Å². The second kappa shape index (κ2) is 9.37. The van der Waals surface area contributed by atoms with E-state index in [9.17, 15) is 14.0 Å². The SMILES string of the molecule is COCCCNC(=O)c1nn(C)c2c1CN(C(=O)Cc1c(F)cccc1Cl)CC2. The first-order valence-corrected chi connectivity index (χ1v) is 9.82. The molecule has 0 saturated carbocycles. The van der Waals surface area contributed by atoms with E-state index in [4.69, 9.17) is 16.3 Å². The first kappa shape index (κ1) is 21.3. The molecule has 1 N–H and O–H groups in total. The molecule has 0 atom stereocenters. The van der Waals surface area contributed by atoms with E-state index < -0.39 is 5.82 Å². The van der Waals surface area contributed by atoms with Crippen molar-refractivity contribution in [3.8, 4) is 0 Å². The van der Waals surface area contributed by atoms with Crippen molar-refractivity contribution in [2.45, 2.75) is 25.8 Å². The van der Waals surface area contributed by atoms with Gasteiger partial charge in [0, 0.05) is 68.7 Å². The standard InChI is InChI=1S/C20H24ClFN4O3/c1-25-17-7-9-26(18(27)11-13-15(21)5-3-6-16(13)22)12-14(17)19(24-25)20(28)23-8-4-10-29-2/h3,5-6H,4,7-12H2,1-2H3,(H,23,28). The van der Waals surface area contributed by atoms with Gasteiger partial charge >= 0.3 is 0 Å². The van der Waals surface area contributed by atoms with Gasteiger partial charge < -0.3 is 15.0 Å². The average molecular weight is 423 g/mol. The Balaban J connectivity index is 1.72. The molecule has 0 fully saturated rings. The van der Waals surface area contributed by atoms with Crippen LogP contribution < -0.4 is 5.32 Å².